The van der Waals surface area contributed by atoms with Crippen LogP contribution in [-0.2, 0) is 14.3 Å². The molecule has 3 amide bonds. The standard InChI is InChI=1S/C25H23F2N5O4S2/c1-11(33)28-7-14-8-32(25(35)36-14)13-5-17(26)22(18(27)6-13)31-9-15-16(10-31)21(15)23(34)29-12-2-3-19-20(4-12)38-24(37)30-19/h2-6,14-16,21H,7-10H2,1H3,(H,28,33)(H,29,34)(H,30,37). The minimum absolute atomic E-state index is 0.00890. The number of piperidine rings is 1. The first-order valence-electron chi connectivity index (χ1n) is 12.1. The summed E-state index contributed by atoms with van der Waals surface area (Å²) in [6.07, 6.45) is -1.35. The van der Waals surface area contributed by atoms with Gasteiger partial charge in [-0.25, -0.2) is 13.6 Å². The number of H-pyrrole nitrogens is 1. The van der Waals surface area contributed by atoms with Gasteiger partial charge in [-0.05, 0) is 42.3 Å². The van der Waals surface area contributed by atoms with Crippen LogP contribution in [0.3, 0.4) is 0 Å². The van der Waals surface area contributed by atoms with Crippen molar-refractivity contribution in [3.8, 4) is 0 Å². The van der Waals surface area contributed by atoms with Gasteiger partial charge in [0.25, 0.3) is 0 Å². The largest absolute Gasteiger partial charge is 0.442 e. The summed E-state index contributed by atoms with van der Waals surface area (Å²) in [5, 5.41) is 5.51. The normalized spacial score (nSPS) is 23.9. The van der Waals surface area contributed by atoms with Crippen molar-refractivity contribution in [3.63, 3.8) is 0 Å². The summed E-state index contributed by atoms with van der Waals surface area (Å²) >= 11 is 6.60. The lowest BCUT2D eigenvalue weighted by Gasteiger charge is -2.24. The van der Waals surface area contributed by atoms with Gasteiger partial charge in [-0.2, -0.15) is 0 Å². The third-order valence-electron chi connectivity index (χ3n) is 7.27. The van der Waals surface area contributed by atoms with Crippen LogP contribution in [0.15, 0.2) is 30.3 Å². The number of nitrogens with zero attached hydrogens (tertiary/aromatic N) is 2. The summed E-state index contributed by atoms with van der Waals surface area (Å²) in [7, 11) is 0. The third kappa shape index (κ3) is 4.49. The molecule has 198 valence electrons. The molecule has 13 heteroatoms. The molecule has 1 saturated carbocycles. The molecular weight excluding hydrogens is 536 g/mol. The Balaban J connectivity index is 1.09. The Hall–Kier alpha value is -3.58. The highest BCUT2D eigenvalue weighted by Crippen LogP contribution is 2.53. The van der Waals surface area contributed by atoms with Gasteiger partial charge >= 0.3 is 6.09 Å². The molecule has 38 heavy (non-hydrogen) atoms. The fraction of sp³-hybridized carbons (Fsp3) is 0.360. The van der Waals surface area contributed by atoms with Gasteiger partial charge in [-0.1, -0.05) is 0 Å². The molecule has 9 nitrogen and oxygen atoms in total. The average Bonchev–Trinajstić information content (AvgIpc) is 3.16. The number of cyclic esters (lactones) is 1. The van der Waals surface area contributed by atoms with Crippen molar-refractivity contribution >= 4 is 68.7 Å². The number of anilines is 3. The first-order valence-corrected chi connectivity index (χ1v) is 13.3. The summed E-state index contributed by atoms with van der Waals surface area (Å²) in [6.45, 7) is 2.24. The van der Waals surface area contributed by atoms with E-state index in [0.29, 0.717) is 22.7 Å². The molecule has 6 rings (SSSR count). The summed E-state index contributed by atoms with van der Waals surface area (Å²) in [4.78, 5) is 42.0. The Morgan fingerprint density at radius 1 is 1.16 bits per heavy atom. The highest BCUT2D eigenvalue weighted by molar-refractivity contribution is 7.73. The number of fused-ring (bicyclic) bond motifs is 2. The second-order valence-corrected chi connectivity index (χ2v) is 11.5. The predicted molar refractivity (Wildman–Crippen MR) is 141 cm³/mol. The SMILES string of the molecule is CC(=O)NCC1CN(c2cc(F)c(N3CC4C(C3)C4C(=O)Nc3ccc4[nH]c(=S)sc4c3)c(F)c2)C(=O)O1. The number of aromatic nitrogens is 1. The van der Waals surface area contributed by atoms with Crippen LogP contribution < -0.4 is 20.4 Å². The number of aromatic amines is 1. The van der Waals surface area contributed by atoms with Gasteiger partial charge in [-0.3, -0.25) is 14.5 Å². The number of thiazole rings is 1. The molecule has 3 aromatic rings. The number of carbonyl (C=O) groups excluding carboxylic acids is 3. The first-order chi connectivity index (χ1) is 18.2. The first kappa shape index (κ1) is 24.7. The van der Waals surface area contributed by atoms with E-state index in [-0.39, 0.29) is 54.0 Å². The van der Waals surface area contributed by atoms with E-state index in [1.165, 1.54) is 18.3 Å². The highest BCUT2D eigenvalue weighted by atomic mass is 32.1. The maximum Gasteiger partial charge on any atom is 0.414 e. The van der Waals surface area contributed by atoms with E-state index in [1.54, 1.807) is 4.90 Å². The number of amides is 3. The second-order valence-electron chi connectivity index (χ2n) is 9.78. The molecule has 2 aliphatic heterocycles. The number of nitrogens with one attached hydrogen (secondary N) is 3. The fourth-order valence-electron chi connectivity index (χ4n) is 5.45. The van der Waals surface area contributed by atoms with E-state index < -0.39 is 23.8 Å². The van der Waals surface area contributed by atoms with Crippen LogP contribution in [0.2, 0.25) is 0 Å². The molecule has 0 radical (unpaired) electrons. The van der Waals surface area contributed by atoms with Crippen LogP contribution in [0.4, 0.5) is 30.6 Å². The van der Waals surface area contributed by atoms with Crippen LogP contribution in [0, 0.1) is 33.3 Å². The number of halogens is 2. The smallest absolute Gasteiger partial charge is 0.414 e. The van der Waals surface area contributed by atoms with Gasteiger partial charge < -0.3 is 25.3 Å². The molecule has 2 saturated heterocycles. The predicted octanol–water partition coefficient (Wildman–Crippen LogP) is 4.02. The van der Waals surface area contributed by atoms with Gasteiger partial charge in [0.1, 0.15) is 11.8 Å². The molecule has 0 spiro atoms. The molecular formula is C25H23F2N5O4S2. The van der Waals surface area contributed by atoms with E-state index in [9.17, 15) is 14.4 Å². The van der Waals surface area contributed by atoms with Crippen LogP contribution in [0.5, 0.6) is 0 Å². The molecule has 2 aromatic carbocycles. The van der Waals surface area contributed by atoms with Gasteiger partial charge in [0.2, 0.25) is 11.8 Å². The number of hydrogen-bond acceptors (Lipinski definition) is 7. The number of ether oxygens (including phenoxy) is 1. The van der Waals surface area contributed by atoms with Crippen LogP contribution in [-0.4, -0.2) is 55.2 Å². The minimum Gasteiger partial charge on any atom is -0.442 e. The summed E-state index contributed by atoms with van der Waals surface area (Å²) in [5.41, 5.74) is 1.48. The molecule has 3 aliphatic rings. The maximum atomic E-state index is 15.1. The van der Waals surface area contributed by atoms with E-state index >= 15 is 8.78 Å². The molecule has 3 fully saturated rings. The van der Waals surface area contributed by atoms with E-state index in [0.717, 1.165) is 27.2 Å². The van der Waals surface area contributed by atoms with Crippen molar-refractivity contribution in [1.29, 1.82) is 0 Å². The highest BCUT2D eigenvalue weighted by Gasteiger charge is 2.60. The van der Waals surface area contributed by atoms with Crippen molar-refractivity contribution in [1.82, 2.24) is 10.3 Å². The fourth-order valence-corrected chi connectivity index (χ4v) is 6.61. The van der Waals surface area contributed by atoms with Crippen LogP contribution >= 0.6 is 23.6 Å². The Morgan fingerprint density at radius 2 is 1.87 bits per heavy atom. The zero-order valence-corrected chi connectivity index (χ0v) is 21.8. The van der Waals surface area contributed by atoms with Crippen molar-refractivity contribution in [3.05, 3.63) is 45.9 Å². The average molecular weight is 560 g/mol. The Morgan fingerprint density at radius 3 is 2.55 bits per heavy atom. The van der Waals surface area contributed by atoms with Gasteiger partial charge in [0, 0.05) is 43.8 Å². The van der Waals surface area contributed by atoms with Crippen LogP contribution in [0.25, 0.3) is 10.2 Å². The molecule has 1 aromatic heterocycles. The molecule has 0 bridgehead atoms. The Labute approximate surface area is 224 Å². The van der Waals surface area contributed by atoms with E-state index in [4.69, 9.17) is 17.0 Å². The summed E-state index contributed by atoms with van der Waals surface area (Å²) in [5.74, 6) is -2.14. The molecule has 1 aliphatic carbocycles. The number of carbonyl (C=O) groups is 3. The van der Waals surface area contributed by atoms with Crippen molar-refractivity contribution in [2.75, 3.05) is 41.3 Å². The second kappa shape index (κ2) is 9.31. The van der Waals surface area contributed by atoms with E-state index in [2.05, 4.69) is 15.6 Å². The zero-order chi connectivity index (χ0) is 26.7. The van der Waals surface area contributed by atoms with Crippen LogP contribution in [0.1, 0.15) is 6.92 Å². The Bertz CT molecular complexity index is 1510. The molecule has 3 heterocycles. The molecule has 3 N–H and O–H groups in total. The topological polar surface area (TPSA) is 107 Å². The van der Waals surface area contributed by atoms with Gasteiger partial charge in [0.05, 0.1) is 29.0 Å². The number of hydrogen-bond donors (Lipinski definition) is 3. The zero-order valence-electron chi connectivity index (χ0n) is 20.1. The van der Waals surface area contributed by atoms with Gasteiger partial charge in [0.15, 0.2) is 15.6 Å². The lowest BCUT2D eigenvalue weighted by molar-refractivity contribution is -0.119. The van der Waals surface area contributed by atoms with Gasteiger partial charge in [-0.15, -0.1) is 11.3 Å². The quantitative estimate of drug-likeness (QED) is 0.394. The van der Waals surface area contributed by atoms with E-state index in [1.807, 2.05) is 18.2 Å². The van der Waals surface area contributed by atoms with Crippen molar-refractivity contribution in [2.45, 2.75) is 13.0 Å². The third-order valence-corrected chi connectivity index (χ3v) is 8.46. The maximum absolute atomic E-state index is 15.1. The number of benzene rings is 2. The number of rotatable bonds is 6. The van der Waals surface area contributed by atoms with Crippen molar-refractivity contribution in [2.24, 2.45) is 17.8 Å². The Kier molecular flexibility index (Phi) is 6.06. The van der Waals surface area contributed by atoms with Crippen molar-refractivity contribution < 1.29 is 27.9 Å². The monoisotopic (exact) mass is 559 g/mol. The summed E-state index contributed by atoms with van der Waals surface area (Å²) in [6, 6.07) is 7.78. The molecule has 3 unspecified atom stereocenters. The molecule has 3 atom stereocenters. The summed E-state index contributed by atoms with van der Waals surface area (Å²) < 4.78 is 37.0. The lowest BCUT2D eigenvalue weighted by Crippen LogP contribution is -2.33. The minimum atomic E-state index is -0.789. The lowest BCUT2D eigenvalue weighted by atomic mass is 10.2.